The minimum Gasteiger partial charge on any atom is -0.454 e. The van der Waals surface area contributed by atoms with Crippen LogP contribution in [0.15, 0.2) is 41.6 Å². The van der Waals surface area contributed by atoms with Crippen molar-refractivity contribution in [1.29, 1.82) is 0 Å². The third-order valence-corrected chi connectivity index (χ3v) is 2.69. The number of aryl methyl sites for hydroxylation is 1. The largest absolute Gasteiger partial charge is 0.454 e. The molecule has 4 nitrogen and oxygen atoms in total. The van der Waals surface area contributed by atoms with E-state index in [1.165, 1.54) is 30.3 Å². The monoisotopic (exact) mass is 278 g/mol. The van der Waals surface area contributed by atoms with E-state index < -0.39 is 11.6 Å². The molecule has 104 valence electrons. The molecule has 0 radical (unpaired) electrons. The fourth-order valence-corrected chi connectivity index (χ4v) is 1.65. The zero-order chi connectivity index (χ0) is 14.7. The molecule has 0 unspecified atom stereocenters. The number of amidine groups is 1. The lowest BCUT2D eigenvalue weighted by atomic mass is 10.2. The molecular weight excluding hydrogens is 266 g/mol. The van der Waals surface area contributed by atoms with Crippen molar-refractivity contribution in [2.45, 2.75) is 6.92 Å². The van der Waals surface area contributed by atoms with E-state index in [2.05, 4.69) is 5.16 Å². The summed E-state index contributed by atoms with van der Waals surface area (Å²) >= 11 is 0. The highest BCUT2D eigenvalue weighted by molar-refractivity contribution is 5.97. The Hall–Kier alpha value is -2.63. The molecule has 0 bridgehead atoms. The molecule has 0 aliphatic heterocycles. The summed E-state index contributed by atoms with van der Waals surface area (Å²) in [4.78, 5) is 0. The summed E-state index contributed by atoms with van der Waals surface area (Å²) in [5, 5.41) is 11.3. The number of oxime groups is 1. The van der Waals surface area contributed by atoms with Crippen molar-refractivity contribution in [3.05, 3.63) is 59.2 Å². The maximum absolute atomic E-state index is 13.9. The zero-order valence-corrected chi connectivity index (χ0v) is 10.6. The molecule has 0 aliphatic rings. The normalized spacial score (nSPS) is 11.4. The first-order valence-corrected chi connectivity index (χ1v) is 5.72. The fourth-order valence-electron chi connectivity index (χ4n) is 1.65. The quantitative estimate of drug-likeness (QED) is 0.392. The molecule has 0 spiro atoms. The van der Waals surface area contributed by atoms with Gasteiger partial charge in [-0.1, -0.05) is 5.16 Å². The van der Waals surface area contributed by atoms with Crippen molar-refractivity contribution in [1.82, 2.24) is 0 Å². The van der Waals surface area contributed by atoms with Gasteiger partial charge < -0.3 is 15.7 Å². The second kappa shape index (κ2) is 5.56. The highest BCUT2D eigenvalue weighted by Crippen LogP contribution is 2.28. The number of hydrogen-bond acceptors (Lipinski definition) is 3. The highest BCUT2D eigenvalue weighted by atomic mass is 19.1. The molecule has 20 heavy (non-hydrogen) atoms. The standard InChI is InChI=1S/C14H12F2N2O2/c1-8-6-10(15)3-5-12(8)20-13-4-2-9(7-11(13)16)14(17)18-19/h2-7,19H,1H3,(H2,17,18). The van der Waals surface area contributed by atoms with E-state index >= 15 is 0 Å². The van der Waals surface area contributed by atoms with Crippen LogP contribution < -0.4 is 10.5 Å². The second-order valence-corrected chi connectivity index (χ2v) is 4.14. The molecule has 0 fully saturated rings. The molecule has 6 heteroatoms. The lowest BCUT2D eigenvalue weighted by molar-refractivity contribution is 0.318. The molecule has 2 rings (SSSR count). The summed E-state index contributed by atoms with van der Waals surface area (Å²) in [5.74, 6) is -0.945. The third-order valence-electron chi connectivity index (χ3n) is 2.69. The number of ether oxygens (including phenoxy) is 1. The molecule has 0 heterocycles. The van der Waals surface area contributed by atoms with Gasteiger partial charge in [0.2, 0.25) is 0 Å². The maximum Gasteiger partial charge on any atom is 0.170 e. The van der Waals surface area contributed by atoms with Crippen LogP contribution in [0.4, 0.5) is 8.78 Å². The maximum atomic E-state index is 13.9. The van der Waals surface area contributed by atoms with Crippen molar-refractivity contribution < 1.29 is 18.7 Å². The predicted octanol–water partition coefficient (Wildman–Crippen LogP) is 3.16. The molecule has 0 aliphatic carbocycles. The number of nitrogens with two attached hydrogens (primary N) is 1. The number of nitrogens with zero attached hydrogens (tertiary/aromatic N) is 1. The van der Waals surface area contributed by atoms with Crippen molar-refractivity contribution in [3.63, 3.8) is 0 Å². The van der Waals surface area contributed by atoms with Crippen LogP contribution in [0.1, 0.15) is 11.1 Å². The van der Waals surface area contributed by atoms with Gasteiger partial charge in [0.25, 0.3) is 0 Å². The van der Waals surface area contributed by atoms with Crippen LogP contribution in [0.5, 0.6) is 11.5 Å². The minimum absolute atomic E-state index is 0.0332. The van der Waals surface area contributed by atoms with Gasteiger partial charge in [-0.05, 0) is 48.9 Å². The van der Waals surface area contributed by atoms with Gasteiger partial charge in [0.15, 0.2) is 17.4 Å². The summed E-state index contributed by atoms with van der Waals surface area (Å²) in [6.07, 6.45) is 0. The van der Waals surface area contributed by atoms with Gasteiger partial charge >= 0.3 is 0 Å². The van der Waals surface area contributed by atoms with Crippen LogP contribution in [0.2, 0.25) is 0 Å². The van der Waals surface area contributed by atoms with Gasteiger partial charge in [-0.15, -0.1) is 0 Å². The van der Waals surface area contributed by atoms with Crippen LogP contribution in [0.25, 0.3) is 0 Å². The van der Waals surface area contributed by atoms with E-state index in [1.807, 2.05) is 0 Å². The van der Waals surface area contributed by atoms with Gasteiger partial charge in [-0.3, -0.25) is 0 Å². The lowest BCUT2D eigenvalue weighted by Gasteiger charge is -2.10. The smallest absolute Gasteiger partial charge is 0.170 e. The van der Waals surface area contributed by atoms with Gasteiger partial charge in [-0.25, -0.2) is 8.78 Å². The number of rotatable bonds is 3. The Labute approximate surface area is 114 Å². The van der Waals surface area contributed by atoms with Crippen LogP contribution >= 0.6 is 0 Å². The van der Waals surface area contributed by atoms with Crippen LogP contribution in [0.3, 0.4) is 0 Å². The first kappa shape index (κ1) is 13.8. The molecule has 0 saturated heterocycles. The Morgan fingerprint density at radius 2 is 1.85 bits per heavy atom. The first-order chi connectivity index (χ1) is 9.51. The van der Waals surface area contributed by atoms with E-state index in [4.69, 9.17) is 15.7 Å². The van der Waals surface area contributed by atoms with Crippen LogP contribution in [-0.4, -0.2) is 11.0 Å². The van der Waals surface area contributed by atoms with E-state index in [9.17, 15) is 8.78 Å². The lowest BCUT2D eigenvalue weighted by Crippen LogP contribution is -2.13. The summed E-state index contributed by atoms with van der Waals surface area (Å²) in [6, 6.07) is 7.83. The second-order valence-electron chi connectivity index (χ2n) is 4.14. The van der Waals surface area contributed by atoms with Gasteiger partial charge in [0.05, 0.1) is 0 Å². The Kier molecular flexibility index (Phi) is 3.84. The summed E-state index contributed by atoms with van der Waals surface area (Å²) in [6.45, 7) is 1.65. The number of benzene rings is 2. The van der Waals surface area contributed by atoms with Crippen molar-refractivity contribution in [3.8, 4) is 11.5 Å². The molecule has 0 aromatic heterocycles. The molecule has 0 atom stereocenters. The summed E-state index contributed by atoms with van der Waals surface area (Å²) in [7, 11) is 0. The number of halogens is 2. The minimum atomic E-state index is -0.669. The zero-order valence-electron chi connectivity index (χ0n) is 10.6. The molecular formula is C14H12F2N2O2. The van der Waals surface area contributed by atoms with Gasteiger partial charge in [-0.2, -0.15) is 0 Å². The Morgan fingerprint density at radius 1 is 1.15 bits per heavy atom. The van der Waals surface area contributed by atoms with E-state index in [1.54, 1.807) is 6.92 Å². The number of hydrogen-bond donors (Lipinski definition) is 2. The molecule has 0 saturated carbocycles. The molecule has 2 aromatic rings. The molecule has 2 aromatic carbocycles. The first-order valence-electron chi connectivity index (χ1n) is 5.72. The SMILES string of the molecule is Cc1cc(F)ccc1Oc1ccc(/C(N)=N/O)cc1F. The highest BCUT2D eigenvalue weighted by Gasteiger charge is 2.10. The Balaban J connectivity index is 2.30. The Bertz CT molecular complexity index is 672. The van der Waals surface area contributed by atoms with Gasteiger partial charge in [0.1, 0.15) is 11.6 Å². The van der Waals surface area contributed by atoms with Crippen molar-refractivity contribution >= 4 is 5.84 Å². The third kappa shape index (κ3) is 2.85. The Morgan fingerprint density at radius 3 is 2.45 bits per heavy atom. The van der Waals surface area contributed by atoms with Crippen molar-refractivity contribution in [2.24, 2.45) is 10.9 Å². The average molecular weight is 278 g/mol. The van der Waals surface area contributed by atoms with E-state index in [0.29, 0.717) is 11.3 Å². The van der Waals surface area contributed by atoms with E-state index in [-0.39, 0.29) is 17.1 Å². The van der Waals surface area contributed by atoms with Crippen molar-refractivity contribution in [2.75, 3.05) is 0 Å². The summed E-state index contributed by atoms with van der Waals surface area (Å²) in [5.41, 5.74) is 6.13. The average Bonchev–Trinajstić information content (AvgIpc) is 2.42. The van der Waals surface area contributed by atoms with Crippen LogP contribution in [0, 0.1) is 18.6 Å². The molecule has 3 N–H and O–H groups in total. The summed E-state index contributed by atoms with van der Waals surface area (Å²) < 4.78 is 32.2. The van der Waals surface area contributed by atoms with E-state index in [0.717, 1.165) is 6.07 Å². The topological polar surface area (TPSA) is 67.8 Å². The van der Waals surface area contributed by atoms with Gasteiger partial charge in [0, 0.05) is 5.56 Å². The van der Waals surface area contributed by atoms with Crippen LogP contribution in [-0.2, 0) is 0 Å². The molecule has 0 amide bonds. The predicted molar refractivity (Wildman–Crippen MR) is 70.1 cm³/mol. The fraction of sp³-hybridized carbons (Fsp3) is 0.0714.